The van der Waals surface area contributed by atoms with E-state index in [1.54, 1.807) is 36.4 Å². The van der Waals surface area contributed by atoms with Gasteiger partial charge >= 0.3 is 0 Å². The molecule has 0 fully saturated rings. The van der Waals surface area contributed by atoms with Crippen molar-refractivity contribution in [3.05, 3.63) is 107 Å². The Balaban J connectivity index is 1.54. The van der Waals surface area contributed by atoms with Crippen LogP contribution >= 0.6 is 0 Å². The van der Waals surface area contributed by atoms with E-state index in [2.05, 4.69) is 5.32 Å². The molecule has 1 aliphatic rings. The van der Waals surface area contributed by atoms with Crippen LogP contribution in [-0.2, 0) is 22.6 Å². The van der Waals surface area contributed by atoms with Crippen LogP contribution in [0.4, 0.5) is 4.39 Å². The number of rotatable bonds is 11. The van der Waals surface area contributed by atoms with Gasteiger partial charge in [0.1, 0.15) is 11.9 Å². The summed E-state index contributed by atoms with van der Waals surface area (Å²) in [4.78, 5) is 55.2. The van der Waals surface area contributed by atoms with E-state index >= 15 is 0 Å². The summed E-state index contributed by atoms with van der Waals surface area (Å²) in [6.45, 7) is 3.90. The van der Waals surface area contributed by atoms with Gasteiger partial charge in [-0.1, -0.05) is 54.6 Å². The summed E-state index contributed by atoms with van der Waals surface area (Å²) in [7, 11) is 0. The van der Waals surface area contributed by atoms with E-state index in [0.717, 1.165) is 10.5 Å². The lowest BCUT2D eigenvalue weighted by atomic mass is 10.0. The van der Waals surface area contributed by atoms with Crippen LogP contribution in [-0.4, -0.2) is 52.1 Å². The number of carbonyl (C=O) groups is 4. The molecule has 0 saturated carbocycles. The van der Waals surface area contributed by atoms with Crippen molar-refractivity contribution in [3.8, 4) is 0 Å². The van der Waals surface area contributed by atoms with E-state index in [4.69, 9.17) is 0 Å². The Morgan fingerprint density at radius 1 is 0.846 bits per heavy atom. The number of halogens is 1. The van der Waals surface area contributed by atoms with E-state index in [1.807, 2.05) is 44.2 Å². The molecule has 0 bridgehead atoms. The Morgan fingerprint density at radius 2 is 1.44 bits per heavy atom. The van der Waals surface area contributed by atoms with E-state index in [0.29, 0.717) is 23.1 Å². The molecule has 4 amide bonds. The highest BCUT2D eigenvalue weighted by atomic mass is 19.1. The Kier molecular flexibility index (Phi) is 8.86. The molecule has 7 nitrogen and oxygen atoms in total. The molecule has 0 spiro atoms. The summed E-state index contributed by atoms with van der Waals surface area (Å²) in [5, 5.41) is 2.93. The van der Waals surface area contributed by atoms with Gasteiger partial charge in [0.25, 0.3) is 11.8 Å². The van der Waals surface area contributed by atoms with Gasteiger partial charge in [-0.05, 0) is 55.7 Å². The number of hydrogen-bond donors (Lipinski definition) is 1. The highest BCUT2D eigenvalue weighted by Gasteiger charge is 2.35. The molecular formula is C31H32FN3O4. The molecule has 8 heteroatoms. The van der Waals surface area contributed by atoms with Crippen molar-refractivity contribution in [3.63, 3.8) is 0 Å². The van der Waals surface area contributed by atoms with Crippen molar-refractivity contribution in [1.29, 1.82) is 0 Å². The van der Waals surface area contributed by atoms with Crippen molar-refractivity contribution in [2.75, 3.05) is 6.54 Å². The van der Waals surface area contributed by atoms with E-state index in [9.17, 15) is 23.6 Å². The fraction of sp³-hybridized carbons (Fsp3) is 0.290. The summed E-state index contributed by atoms with van der Waals surface area (Å²) in [6, 6.07) is 21.0. The van der Waals surface area contributed by atoms with Gasteiger partial charge in [0.05, 0.1) is 11.1 Å². The van der Waals surface area contributed by atoms with Crippen molar-refractivity contribution in [2.45, 2.75) is 51.7 Å². The zero-order chi connectivity index (χ0) is 27.9. The molecule has 0 aliphatic carbocycles. The van der Waals surface area contributed by atoms with Gasteiger partial charge in [-0.25, -0.2) is 4.39 Å². The Bertz CT molecular complexity index is 1310. The third kappa shape index (κ3) is 6.76. The minimum absolute atomic E-state index is 0.0227. The Hall–Kier alpha value is -4.33. The number of nitrogens with zero attached hydrogens (tertiary/aromatic N) is 2. The molecule has 1 atom stereocenters. The van der Waals surface area contributed by atoms with Crippen molar-refractivity contribution in [2.24, 2.45) is 0 Å². The third-order valence-electron chi connectivity index (χ3n) is 6.62. The zero-order valence-electron chi connectivity index (χ0n) is 22.1. The normalized spacial score (nSPS) is 13.4. The predicted molar refractivity (Wildman–Crippen MR) is 145 cm³/mol. The molecule has 0 radical (unpaired) electrons. The first-order valence-corrected chi connectivity index (χ1v) is 13.1. The summed E-state index contributed by atoms with van der Waals surface area (Å²) in [5.74, 6) is -1.72. The average Bonchev–Trinajstić information content (AvgIpc) is 3.16. The van der Waals surface area contributed by atoms with Crippen LogP contribution in [0.5, 0.6) is 0 Å². The van der Waals surface area contributed by atoms with E-state index < -0.39 is 11.9 Å². The number of amides is 4. The third-order valence-corrected chi connectivity index (χ3v) is 6.62. The molecular weight excluding hydrogens is 497 g/mol. The highest BCUT2D eigenvalue weighted by molar-refractivity contribution is 6.21. The van der Waals surface area contributed by atoms with Crippen LogP contribution in [0.15, 0.2) is 78.9 Å². The van der Waals surface area contributed by atoms with Gasteiger partial charge in [-0.3, -0.25) is 24.1 Å². The second-order valence-electron chi connectivity index (χ2n) is 9.93. The summed E-state index contributed by atoms with van der Waals surface area (Å²) >= 11 is 0. The van der Waals surface area contributed by atoms with Crippen molar-refractivity contribution >= 4 is 23.6 Å². The Morgan fingerprint density at radius 3 is 2.03 bits per heavy atom. The van der Waals surface area contributed by atoms with Gasteiger partial charge in [0.2, 0.25) is 11.8 Å². The van der Waals surface area contributed by atoms with Crippen LogP contribution in [0.3, 0.4) is 0 Å². The number of nitrogens with one attached hydrogen (secondary N) is 1. The van der Waals surface area contributed by atoms with Crippen LogP contribution in [0, 0.1) is 5.82 Å². The van der Waals surface area contributed by atoms with Gasteiger partial charge in [0.15, 0.2) is 0 Å². The van der Waals surface area contributed by atoms with Crippen molar-refractivity contribution in [1.82, 2.24) is 15.1 Å². The fourth-order valence-corrected chi connectivity index (χ4v) is 4.70. The first-order valence-electron chi connectivity index (χ1n) is 13.1. The zero-order valence-corrected chi connectivity index (χ0v) is 22.1. The fourth-order valence-electron chi connectivity index (χ4n) is 4.70. The minimum Gasteiger partial charge on any atom is -0.352 e. The molecule has 202 valence electrons. The van der Waals surface area contributed by atoms with E-state index in [-0.39, 0.29) is 55.6 Å². The molecule has 1 aliphatic heterocycles. The lowest BCUT2D eigenvalue weighted by Gasteiger charge is -2.32. The first kappa shape index (κ1) is 27.7. The molecule has 0 unspecified atom stereocenters. The highest BCUT2D eigenvalue weighted by Crippen LogP contribution is 2.23. The Labute approximate surface area is 227 Å². The molecule has 0 aromatic heterocycles. The maximum atomic E-state index is 13.7. The lowest BCUT2D eigenvalue weighted by molar-refractivity contribution is -0.141. The monoisotopic (exact) mass is 529 g/mol. The molecule has 39 heavy (non-hydrogen) atoms. The standard InChI is InChI=1S/C31H32FN3O4/c1-21(2)33-29(37)27(19-22-9-4-3-5-10-22)35(20-23-14-16-24(32)17-15-23)28(36)13-8-18-34-30(38)25-11-6-7-12-26(25)31(34)39/h3-7,9-12,14-17,21,27H,8,13,18-20H2,1-2H3,(H,33,37)/t27-/m0/s1. The van der Waals surface area contributed by atoms with Gasteiger partial charge in [0, 0.05) is 32.0 Å². The molecule has 4 rings (SSSR count). The van der Waals surface area contributed by atoms with Gasteiger partial charge in [-0.2, -0.15) is 0 Å². The van der Waals surface area contributed by atoms with Crippen LogP contribution < -0.4 is 5.32 Å². The number of fused-ring (bicyclic) bond motifs is 1. The molecule has 3 aromatic carbocycles. The van der Waals surface area contributed by atoms with Crippen LogP contribution in [0.25, 0.3) is 0 Å². The summed E-state index contributed by atoms with van der Waals surface area (Å²) in [5.41, 5.74) is 2.30. The molecule has 3 aromatic rings. The van der Waals surface area contributed by atoms with Gasteiger partial charge in [-0.15, -0.1) is 0 Å². The first-order chi connectivity index (χ1) is 18.7. The SMILES string of the molecule is CC(C)NC(=O)[C@H](Cc1ccccc1)N(Cc1ccc(F)cc1)C(=O)CCCN1C(=O)c2ccccc2C1=O. The number of benzene rings is 3. The maximum Gasteiger partial charge on any atom is 0.261 e. The van der Waals surface area contributed by atoms with E-state index in [1.165, 1.54) is 17.0 Å². The molecule has 0 saturated heterocycles. The molecule has 1 N–H and O–H groups in total. The largest absolute Gasteiger partial charge is 0.352 e. The lowest BCUT2D eigenvalue weighted by Crippen LogP contribution is -2.51. The van der Waals surface area contributed by atoms with Crippen LogP contribution in [0.2, 0.25) is 0 Å². The predicted octanol–water partition coefficient (Wildman–Crippen LogP) is 4.37. The van der Waals surface area contributed by atoms with Crippen molar-refractivity contribution < 1.29 is 23.6 Å². The van der Waals surface area contributed by atoms with Gasteiger partial charge < -0.3 is 10.2 Å². The topological polar surface area (TPSA) is 86.8 Å². The second-order valence-corrected chi connectivity index (χ2v) is 9.93. The quantitative estimate of drug-likeness (QED) is 0.374. The number of imide groups is 1. The average molecular weight is 530 g/mol. The summed E-state index contributed by atoms with van der Waals surface area (Å²) < 4.78 is 13.6. The number of hydrogen-bond acceptors (Lipinski definition) is 4. The molecule has 1 heterocycles. The van der Waals surface area contributed by atoms with Crippen LogP contribution in [0.1, 0.15) is 58.5 Å². The summed E-state index contributed by atoms with van der Waals surface area (Å²) in [6.07, 6.45) is 0.563. The second kappa shape index (κ2) is 12.5. The number of carbonyl (C=O) groups excluding carboxylic acids is 4. The maximum absolute atomic E-state index is 13.7. The minimum atomic E-state index is -0.813. The smallest absolute Gasteiger partial charge is 0.261 e.